The second-order valence-corrected chi connectivity index (χ2v) is 11.7. The van der Waals surface area contributed by atoms with E-state index in [1.54, 1.807) is 0 Å². The van der Waals surface area contributed by atoms with Crippen molar-refractivity contribution < 1.29 is 0 Å². The normalized spacial score (nSPS) is 13.2. The lowest BCUT2D eigenvalue weighted by atomic mass is 9.82. The van der Waals surface area contributed by atoms with Crippen LogP contribution in [0.4, 0.5) is 17.1 Å². The molecule has 0 amide bonds. The van der Waals surface area contributed by atoms with E-state index in [9.17, 15) is 0 Å². The highest BCUT2D eigenvalue weighted by atomic mass is 15.1. The molecule has 200 valence electrons. The number of benzene rings is 6. The van der Waals surface area contributed by atoms with E-state index in [4.69, 9.17) is 0 Å². The topological polar surface area (TPSA) is 16.1 Å². The van der Waals surface area contributed by atoms with Crippen LogP contribution in [0.25, 0.3) is 43.9 Å². The van der Waals surface area contributed by atoms with E-state index in [0.717, 1.165) is 22.3 Å². The summed E-state index contributed by atoms with van der Waals surface area (Å²) in [6.07, 6.45) is 1.85. The summed E-state index contributed by atoms with van der Waals surface area (Å²) in [5.41, 5.74) is 12.2. The Bertz CT molecular complexity index is 2120. The number of fused-ring (bicyclic) bond motifs is 5. The van der Waals surface area contributed by atoms with Crippen LogP contribution >= 0.6 is 0 Å². The molecule has 2 heteroatoms. The molecule has 0 radical (unpaired) electrons. The van der Waals surface area contributed by atoms with E-state index in [0.29, 0.717) is 0 Å². The van der Waals surface area contributed by atoms with Gasteiger partial charge in [-0.25, -0.2) is 0 Å². The van der Waals surface area contributed by atoms with Crippen LogP contribution in [0.1, 0.15) is 25.0 Å². The quantitative estimate of drug-likeness (QED) is 0.222. The Morgan fingerprint density at radius 1 is 0.524 bits per heavy atom. The van der Waals surface area contributed by atoms with Crippen molar-refractivity contribution in [3.63, 3.8) is 0 Å². The Morgan fingerprint density at radius 2 is 1.26 bits per heavy atom. The molecule has 2 nitrogen and oxygen atoms in total. The molecule has 1 aliphatic rings. The number of para-hydroxylation sites is 1. The van der Waals surface area contributed by atoms with Gasteiger partial charge in [0.2, 0.25) is 0 Å². The first kappa shape index (κ1) is 24.6. The molecule has 1 aliphatic carbocycles. The van der Waals surface area contributed by atoms with Gasteiger partial charge in [-0.05, 0) is 93.2 Å². The minimum atomic E-state index is -0.0576. The van der Waals surface area contributed by atoms with Gasteiger partial charge in [-0.2, -0.15) is 0 Å². The maximum absolute atomic E-state index is 4.50. The maximum atomic E-state index is 4.50. The average molecular weight is 539 g/mol. The molecule has 0 aliphatic heterocycles. The lowest BCUT2D eigenvalue weighted by Crippen LogP contribution is -2.16. The molecule has 0 N–H and O–H groups in total. The number of hydrogen-bond donors (Lipinski definition) is 0. The summed E-state index contributed by atoms with van der Waals surface area (Å²) in [6, 6.07) is 50.6. The Labute approximate surface area is 246 Å². The molecule has 1 heterocycles. The first-order chi connectivity index (χ1) is 20.6. The molecule has 7 aromatic rings. The zero-order valence-corrected chi connectivity index (χ0v) is 23.8. The number of aromatic nitrogens is 1. The third kappa shape index (κ3) is 3.83. The van der Waals surface area contributed by atoms with Gasteiger partial charge in [0.25, 0.3) is 0 Å². The molecule has 0 unspecified atom stereocenters. The largest absolute Gasteiger partial charge is 0.310 e. The van der Waals surface area contributed by atoms with Crippen molar-refractivity contribution in [1.82, 2.24) is 4.98 Å². The fraction of sp³-hybridized carbons (Fsp3) is 0.0750. The van der Waals surface area contributed by atoms with Crippen LogP contribution in [-0.2, 0) is 5.41 Å². The zero-order chi connectivity index (χ0) is 28.3. The summed E-state index contributed by atoms with van der Waals surface area (Å²) in [5, 5.41) is 3.59. The van der Waals surface area contributed by atoms with E-state index >= 15 is 0 Å². The number of pyridine rings is 1. The molecule has 6 aromatic carbocycles. The Hall–Kier alpha value is -5.21. The van der Waals surface area contributed by atoms with Gasteiger partial charge in [0.05, 0.1) is 11.2 Å². The van der Waals surface area contributed by atoms with Crippen molar-refractivity contribution >= 4 is 38.7 Å². The molecule has 0 saturated carbocycles. The average Bonchev–Trinajstić information content (AvgIpc) is 3.28. The van der Waals surface area contributed by atoms with Crippen molar-refractivity contribution in [3.05, 3.63) is 157 Å². The molecule has 1 aromatic heterocycles. The second kappa shape index (κ2) is 9.43. The van der Waals surface area contributed by atoms with E-state index in [2.05, 4.69) is 157 Å². The highest BCUT2D eigenvalue weighted by Crippen LogP contribution is 2.54. The predicted molar refractivity (Wildman–Crippen MR) is 177 cm³/mol. The Kier molecular flexibility index (Phi) is 5.52. The number of anilines is 3. The number of rotatable bonds is 4. The Morgan fingerprint density at radius 3 is 2.14 bits per heavy atom. The van der Waals surface area contributed by atoms with Gasteiger partial charge in [-0.3, -0.25) is 4.98 Å². The molecule has 0 saturated heterocycles. The maximum Gasteiger partial charge on any atom is 0.0702 e. The summed E-state index contributed by atoms with van der Waals surface area (Å²) in [4.78, 5) is 6.92. The minimum Gasteiger partial charge on any atom is -0.310 e. The van der Waals surface area contributed by atoms with E-state index in [1.165, 1.54) is 49.8 Å². The molecule has 0 bridgehead atoms. The van der Waals surface area contributed by atoms with Crippen molar-refractivity contribution in [1.29, 1.82) is 0 Å². The first-order valence-corrected chi connectivity index (χ1v) is 14.6. The monoisotopic (exact) mass is 538 g/mol. The van der Waals surface area contributed by atoms with Gasteiger partial charge in [-0.1, -0.05) is 98.8 Å². The molecular weight excluding hydrogens is 508 g/mol. The summed E-state index contributed by atoms with van der Waals surface area (Å²) >= 11 is 0. The highest BCUT2D eigenvalue weighted by Gasteiger charge is 2.37. The van der Waals surface area contributed by atoms with Crippen LogP contribution in [0.15, 0.2) is 146 Å². The van der Waals surface area contributed by atoms with Crippen LogP contribution < -0.4 is 4.90 Å². The van der Waals surface area contributed by atoms with Gasteiger partial charge in [0, 0.05) is 33.9 Å². The Balaban J connectivity index is 1.32. The molecule has 8 rings (SSSR count). The van der Waals surface area contributed by atoms with Gasteiger partial charge >= 0.3 is 0 Å². The predicted octanol–water partition coefficient (Wildman–Crippen LogP) is 10.8. The van der Waals surface area contributed by atoms with Crippen molar-refractivity contribution in [2.24, 2.45) is 0 Å². The van der Waals surface area contributed by atoms with E-state index < -0.39 is 0 Å². The smallest absolute Gasteiger partial charge is 0.0702 e. The van der Waals surface area contributed by atoms with Gasteiger partial charge in [0.1, 0.15) is 0 Å². The van der Waals surface area contributed by atoms with Gasteiger partial charge in [-0.15, -0.1) is 0 Å². The molecule has 42 heavy (non-hydrogen) atoms. The van der Waals surface area contributed by atoms with Crippen LogP contribution in [0.3, 0.4) is 0 Å². The summed E-state index contributed by atoms with van der Waals surface area (Å²) in [6.45, 7) is 4.68. The lowest BCUT2D eigenvalue weighted by Gasteiger charge is -2.29. The molecular formula is C40H30N2. The van der Waals surface area contributed by atoms with Crippen LogP contribution in [0, 0.1) is 0 Å². The fourth-order valence-electron chi connectivity index (χ4n) is 6.73. The second-order valence-electron chi connectivity index (χ2n) is 11.7. The van der Waals surface area contributed by atoms with E-state index in [-0.39, 0.29) is 5.41 Å². The summed E-state index contributed by atoms with van der Waals surface area (Å²) in [7, 11) is 0. The standard InChI is InChI=1S/C40H30N2/c1-40(2)35-14-7-6-13-34(35)39-36(40)15-8-16-38(39)42(32-11-4-3-5-12-32)33-21-19-27-17-18-28(25-31(27)26-33)29-20-22-37-30(24-29)10-9-23-41-37/h3-26H,1-2H3. The number of nitrogens with zero attached hydrogens (tertiary/aromatic N) is 2. The van der Waals surface area contributed by atoms with Crippen molar-refractivity contribution in [3.8, 4) is 22.3 Å². The highest BCUT2D eigenvalue weighted by molar-refractivity contribution is 5.98. The van der Waals surface area contributed by atoms with Crippen LogP contribution in [0.2, 0.25) is 0 Å². The molecule has 0 spiro atoms. The third-order valence-electron chi connectivity index (χ3n) is 8.86. The zero-order valence-electron chi connectivity index (χ0n) is 23.8. The molecule has 0 fully saturated rings. The first-order valence-electron chi connectivity index (χ1n) is 14.6. The van der Waals surface area contributed by atoms with Gasteiger partial charge in [0.15, 0.2) is 0 Å². The lowest BCUT2D eigenvalue weighted by molar-refractivity contribution is 0.660. The SMILES string of the molecule is CC1(C)c2ccccc2-c2c(N(c3ccccc3)c3ccc4ccc(-c5ccc6ncccc6c5)cc4c3)cccc21. The van der Waals surface area contributed by atoms with Crippen molar-refractivity contribution in [2.45, 2.75) is 19.3 Å². The molecule has 0 atom stereocenters. The number of hydrogen-bond acceptors (Lipinski definition) is 2. The minimum absolute atomic E-state index is 0.0576. The van der Waals surface area contributed by atoms with Gasteiger partial charge < -0.3 is 4.90 Å². The third-order valence-corrected chi connectivity index (χ3v) is 8.86. The summed E-state index contributed by atoms with van der Waals surface area (Å²) in [5.74, 6) is 0. The van der Waals surface area contributed by atoms with Crippen molar-refractivity contribution in [2.75, 3.05) is 4.90 Å². The van der Waals surface area contributed by atoms with Crippen LogP contribution in [0.5, 0.6) is 0 Å². The fourth-order valence-corrected chi connectivity index (χ4v) is 6.73. The van der Waals surface area contributed by atoms with Crippen LogP contribution in [-0.4, -0.2) is 4.98 Å². The summed E-state index contributed by atoms with van der Waals surface area (Å²) < 4.78 is 0. The van der Waals surface area contributed by atoms with E-state index in [1.807, 2.05) is 12.3 Å².